The zero-order chi connectivity index (χ0) is 16.2. The lowest BCUT2D eigenvalue weighted by Gasteiger charge is -2.17. The quantitative estimate of drug-likeness (QED) is 0.809. The Bertz CT molecular complexity index is 633. The van der Waals surface area contributed by atoms with E-state index in [-0.39, 0.29) is 17.7 Å². The predicted molar refractivity (Wildman–Crippen MR) is 83.7 cm³/mol. The summed E-state index contributed by atoms with van der Waals surface area (Å²) in [4.78, 5) is 18.0. The number of nitrogens with two attached hydrogens (primary N) is 1. The normalized spacial score (nSPS) is 18.5. The molecule has 2 amide bonds. The Morgan fingerprint density at radius 1 is 1.55 bits per heavy atom. The molecule has 1 aliphatic heterocycles. The monoisotopic (exact) mass is 326 g/mol. The van der Waals surface area contributed by atoms with Gasteiger partial charge in [-0.1, -0.05) is 6.07 Å². The zero-order valence-electron chi connectivity index (χ0n) is 12.7. The molecular formula is C14H22N4O3S. The minimum Gasteiger partial charge on any atom is -0.338 e. The topological polar surface area (TPSA) is 105 Å². The molecule has 1 aromatic heterocycles. The molecule has 22 heavy (non-hydrogen) atoms. The number of primary sulfonamides is 1. The average molecular weight is 326 g/mol. The molecular weight excluding hydrogens is 304 g/mol. The van der Waals surface area contributed by atoms with Gasteiger partial charge in [0.2, 0.25) is 10.0 Å². The first-order chi connectivity index (χ1) is 10.3. The van der Waals surface area contributed by atoms with Gasteiger partial charge in [-0.2, -0.15) is 0 Å². The molecule has 0 saturated carbocycles. The number of nitrogens with one attached hydrogen (secondary N) is 1. The molecule has 7 nitrogen and oxygen atoms in total. The SMILES string of the molecule is Cc1cccnc1CCNC(=O)N1CC[C@H](CS(N)(=O)=O)C1. The lowest BCUT2D eigenvalue weighted by molar-refractivity contribution is 0.207. The lowest BCUT2D eigenvalue weighted by Crippen LogP contribution is -2.40. The van der Waals surface area contributed by atoms with Crippen LogP contribution >= 0.6 is 0 Å². The fourth-order valence-electron chi connectivity index (χ4n) is 2.66. The number of likely N-dealkylation sites (tertiary alicyclic amines) is 1. The lowest BCUT2D eigenvalue weighted by atomic mass is 10.2. The highest BCUT2D eigenvalue weighted by Crippen LogP contribution is 2.17. The molecule has 0 bridgehead atoms. The second-order valence-corrected chi connectivity index (χ2v) is 7.34. The van der Waals surface area contributed by atoms with E-state index in [1.807, 2.05) is 19.1 Å². The Morgan fingerprint density at radius 3 is 3.00 bits per heavy atom. The number of rotatable bonds is 5. The van der Waals surface area contributed by atoms with Gasteiger partial charge in [-0.3, -0.25) is 4.98 Å². The van der Waals surface area contributed by atoms with Gasteiger partial charge in [0.15, 0.2) is 0 Å². The minimum atomic E-state index is -3.48. The van der Waals surface area contributed by atoms with E-state index in [1.165, 1.54) is 0 Å². The van der Waals surface area contributed by atoms with Crippen LogP contribution in [0.4, 0.5) is 4.79 Å². The average Bonchev–Trinajstić information content (AvgIpc) is 2.87. The second kappa shape index (κ2) is 7.06. The molecule has 0 radical (unpaired) electrons. The first-order valence-corrected chi connectivity index (χ1v) is 9.00. The summed E-state index contributed by atoms with van der Waals surface area (Å²) in [5, 5.41) is 7.89. The summed E-state index contributed by atoms with van der Waals surface area (Å²) in [6.07, 6.45) is 3.08. The van der Waals surface area contributed by atoms with Crippen LogP contribution in [-0.2, 0) is 16.4 Å². The van der Waals surface area contributed by atoms with Crippen LogP contribution in [0.25, 0.3) is 0 Å². The molecule has 0 unspecified atom stereocenters. The molecule has 2 heterocycles. The number of sulfonamides is 1. The van der Waals surface area contributed by atoms with Crippen molar-refractivity contribution in [1.82, 2.24) is 15.2 Å². The highest BCUT2D eigenvalue weighted by molar-refractivity contribution is 7.89. The molecule has 1 atom stereocenters. The van der Waals surface area contributed by atoms with Crippen molar-refractivity contribution >= 4 is 16.1 Å². The third-order valence-electron chi connectivity index (χ3n) is 3.80. The molecule has 3 N–H and O–H groups in total. The molecule has 1 saturated heterocycles. The Balaban J connectivity index is 1.76. The van der Waals surface area contributed by atoms with Crippen LogP contribution in [0.2, 0.25) is 0 Å². The third kappa shape index (κ3) is 4.96. The van der Waals surface area contributed by atoms with Gasteiger partial charge < -0.3 is 10.2 Å². The van der Waals surface area contributed by atoms with Crippen LogP contribution in [0, 0.1) is 12.8 Å². The van der Waals surface area contributed by atoms with Crippen molar-refractivity contribution in [2.24, 2.45) is 11.1 Å². The number of hydrogen-bond donors (Lipinski definition) is 2. The highest BCUT2D eigenvalue weighted by atomic mass is 32.2. The number of aromatic nitrogens is 1. The van der Waals surface area contributed by atoms with Crippen LogP contribution in [0.15, 0.2) is 18.3 Å². The highest BCUT2D eigenvalue weighted by Gasteiger charge is 2.28. The molecule has 1 fully saturated rings. The van der Waals surface area contributed by atoms with E-state index in [9.17, 15) is 13.2 Å². The van der Waals surface area contributed by atoms with Gasteiger partial charge in [0.05, 0.1) is 5.75 Å². The van der Waals surface area contributed by atoms with E-state index < -0.39 is 10.0 Å². The van der Waals surface area contributed by atoms with Gasteiger partial charge in [-0.05, 0) is 30.9 Å². The van der Waals surface area contributed by atoms with Crippen LogP contribution < -0.4 is 10.5 Å². The van der Waals surface area contributed by atoms with Gasteiger partial charge in [-0.25, -0.2) is 18.4 Å². The van der Waals surface area contributed by atoms with Gasteiger partial charge in [0, 0.05) is 37.9 Å². The number of hydrogen-bond acceptors (Lipinski definition) is 4. The van der Waals surface area contributed by atoms with E-state index in [2.05, 4.69) is 10.3 Å². The van der Waals surface area contributed by atoms with Crippen molar-refractivity contribution in [3.05, 3.63) is 29.6 Å². The second-order valence-electron chi connectivity index (χ2n) is 5.68. The fraction of sp³-hybridized carbons (Fsp3) is 0.571. The summed E-state index contributed by atoms with van der Waals surface area (Å²) in [5.41, 5.74) is 2.07. The van der Waals surface area contributed by atoms with Gasteiger partial charge >= 0.3 is 6.03 Å². The molecule has 0 aliphatic carbocycles. The van der Waals surface area contributed by atoms with Gasteiger partial charge in [-0.15, -0.1) is 0 Å². The number of nitrogens with zero attached hydrogens (tertiary/aromatic N) is 2. The summed E-state index contributed by atoms with van der Waals surface area (Å²) in [7, 11) is -3.48. The standard InChI is InChI=1S/C14H22N4O3S/c1-11-3-2-6-16-13(11)4-7-17-14(19)18-8-5-12(9-18)10-22(15,20)21/h2-3,6,12H,4-5,7-10H2,1H3,(H,17,19)(H2,15,20,21)/t12-/m0/s1. The molecule has 2 rings (SSSR count). The summed E-state index contributed by atoms with van der Waals surface area (Å²) < 4.78 is 22.2. The maximum absolute atomic E-state index is 12.0. The van der Waals surface area contributed by atoms with Crippen molar-refractivity contribution < 1.29 is 13.2 Å². The molecule has 0 aromatic carbocycles. The minimum absolute atomic E-state index is 0.0656. The van der Waals surface area contributed by atoms with E-state index in [0.717, 1.165) is 11.3 Å². The smallest absolute Gasteiger partial charge is 0.317 e. The van der Waals surface area contributed by atoms with Crippen molar-refractivity contribution in [1.29, 1.82) is 0 Å². The first-order valence-electron chi connectivity index (χ1n) is 7.29. The predicted octanol–water partition coefficient (Wildman–Crippen LogP) is 0.253. The number of carbonyl (C=O) groups is 1. The first kappa shape index (κ1) is 16.7. The Labute approximate surface area is 131 Å². The number of aryl methyl sites for hydroxylation is 1. The Kier molecular flexibility index (Phi) is 5.36. The maximum Gasteiger partial charge on any atom is 0.317 e. The van der Waals surface area contributed by atoms with E-state index in [1.54, 1.807) is 11.1 Å². The number of amides is 2. The molecule has 8 heteroatoms. The molecule has 1 aliphatic rings. The molecule has 122 valence electrons. The van der Waals surface area contributed by atoms with Crippen molar-refractivity contribution in [3.63, 3.8) is 0 Å². The fourth-order valence-corrected chi connectivity index (χ4v) is 3.59. The van der Waals surface area contributed by atoms with Gasteiger partial charge in [0.25, 0.3) is 0 Å². The molecule has 0 spiro atoms. The summed E-state index contributed by atoms with van der Waals surface area (Å²) >= 11 is 0. The van der Waals surface area contributed by atoms with E-state index in [0.29, 0.717) is 32.5 Å². The van der Waals surface area contributed by atoms with Crippen LogP contribution in [-0.4, -0.2) is 49.7 Å². The summed E-state index contributed by atoms with van der Waals surface area (Å²) in [5.74, 6) is -0.136. The summed E-state index contributed by atoms with van der Waals surface area (Å²) in [6.45, 7) is 3.50. The number of urea groups is 1. The maximum atomic E-state index is 12.0. The van der Waals surface area contributed by atoms with Gasteiger partial charge in [0.1, 0.15) is 0 Å². The van der Waals surface area contributed by atoms with E-state index >= 15 is 0 Å². The molecule has 1 aromatic rings. The Hall–Kier alpha value is -1.67. The van der Waals surface area contributed by atoms with Crippen LogP contribution in [0.5, 0.6) is 0 Å². The van der Waals surface area contributed by atoms with E-state index in [4.69, 9.17) is 5.14 Å². The van der Waals surface area contributed by atoms with Crippen molar-refractivity contribution in [2.75, 3.05) is 25.4 Å². The third-order valence-corrected chi connectivity index (χ3v) is 4.73. The zero-order valence-corrected chi connectivity index (χ0v) is 13.5. The van der Waals surface area contributed by atoms with Crippen molar-refractivity contribution in [3.8, 4) is 0 Å². The van der Waals surface area contributed by atoms with Crippen molar-refractivity contribution in [2.45, 2.75) is 19.8 Å². The Morgan fingerprint density at radius 2 is 2.32 bits per heavy atom. The summed E-state index contributed by atoms with van der Waals surface area (Å²) in [6, 6.07) is 3.71. The number of pyridine rings is 1. The largest absolute Gasteiger partial charge is 0.338 e. The van der Waals surface area contributed by atoms with Crippen LogP contribution in [0.3, 0.4) is 0 Å². The number of carbonyl (C=O) groups excluding carboxylic acids is 1. The van der Waals surface area contributed by atoms with Crippen LogP contribution in [0.1, 0.15) is 17.7 Å².